The first kappa shape index (κ1) is 121. The maximum atomic E-state index is 11.9. The van der Waals surface area contributed by atoms with Gasteiger partial charge in [0.25, 0.3) is 0 Å². The fraction of sp³-hybridized carbons (Fsp3) is 0.605. The van der Waals surface area contributed by atoms with E-state index in [-0.39, 0.29) is 71.9 Å². The van der Waals surface area contributed by atoms with Gasteiger partial charge in [-0.1, -0.05) is 208 Å². The molecule has 6 aliphatic rings. The van der Waals surface area contributed by atoms with Crippen molar-refractivity contribution in [2.24, 2.45) is 112 Å². The second kappa shape index (κ2) is 67.3. The monoisotopic (exact) mass is 2010 g/mol. The topological polar surface area (TPSA) is 282 Å². The molecule has 145 heavy (non-hydrogen) atoms. The average Bonchev–Trinajstić information content (AvgIpc) is 0.858. The lowest BCUT2D eigenvalue weighted by atomic mass is 9.80. The molecule has 21 nitrogen and oxygen atoms in total. The van der Waals surface area contributed by atoms with E-state index in [0.717, 1.165) is 234 Å². The van der Waals surface area contributed by atoms with E-state index in [9.17, 15) is 33.6 Å². The van der Waals surface area contributed by atoms with Gasteiger partial charge in [-0.3, -0.25) is 28.8 Å². The van der Waals surface area contributed by atoms with Gasteiger partial charge in [0.1, 0.15) is 40.2 Å². The van der Waals surface area contributed by atoms with Gasteiger partial charge in [-0.2, -0.15) is 0 Å². The van der Waals surface area contributed by atoms with Crippen molar-refractivity contribution in [3.05, 3.63) is 209 Å². The van der Waals surface area contributed by atoms with Gasteiger partial charge < -0.3 is 67.4 Å². The number of rotatable bonds is 41. The van der Waals surface area contributed by atoms with E-state index in [2.05, 4.69) is 199 Å². The van der Waals surface area contributed by atoms with Gasteiger partial charge in [-0.15, -0.1) is 0 Å². The summed E-state index contributed by atoms with van der Waals surface area (Å²) in [5.74, 6) is 10.6. The number of carbonyl (C=O) groups is 7. The summed E-state index contributed by atoms with van der Waals surface area (Å²) >= 11 is 0. The zero-order chi connectivity index (χ0) is 106. The van der Waals surface area contributed by atoms with Crippen LogP contribution >= 0.6 is 0 Å². The molecule has 13 rings (SSSR count). The first-order valence-electron chi connectivity index (χ1n) is 54.5. The Balaban J connectivity index is 0.000000230. The molecule has 7 aromatic carbocycles. The van der Waals surface area contributed by atoms with E-state index < -0.39 is 17.9 Å². The standard InChI is InChI=1S/3C19H28O3.3C18H26O3.C13H18O3/c1-14(2)12-15-6-10-18(11-7-15)22-13-16-4-8-17(9-5-16)19(20)21-3;1-14(2)11-15-7-9-18(10-8-15)22-13-16-5-4-6-17(12-16)19(20)21-3;1-14(2)12-15-8-10-17(11-9-15)22-13-16-6-4-5-7-18(16)19(20)21-3;2*1-13(2)11-14-5-9-17(10-6-14)21-12-15-3-7-16(8-4-15)18(19)20;1-13(2)10-14-6-8-17(9-7-14)21-12-15-4-3-5-16(11-15)18(19)20;1-10(2)8-11-4-6-12(7-5-11)16-9-13(14)15-3/h6-7,10-11,14,16-17H,4-5,8-9,12-13H2,1-3H3;7-10,14,16-17H,4-6,11-13H2,1-3H3;8-11,14,16,18H,4-7,12-13H2,1-3H3;2*5-6,9-10,13,15-16H,3-4,7-8,11-12H2,1-2H3,(H,19,20);6-9,13,15-16H,3-5,10-12H2,1-2H3,(H,19,20);4-7,10H,8-9H2,1-3H3/t;16-,17+;16-,18+;;;15-,16+;/m.10..1./s1. The first-order chi connectivity index (χ1) is 69.5. The summed E-state index contributed by atoms with van der Waals surface area (Å²) in [6.07, 6.45) is 30.5. The van der Waals surface area contributed by atoms with Crippen LogP contribution in [0.5, 0.6) is 40.2 Å². The quantitative estimate of drug-likeness (QED) is 0.0237. The molecule has 0 saturated heterocycles. The highest BCUT2D eigenvalue weighted by Crippen LogP contribution is 2.38. The second-order valence-corrected chi connectivity index (χ2v) is 44.3. The highest BCUT2D eigenvalue weighted by atomic mass is 16.6. The van der Waals surface area contributed by atoms with Gasteiger partial charge in [-0.05, 0) is 368 Å². The Hall–Kier alpha value is -10.6. The lowest BCUT2D eigenvalue weighted by molar-refractivity contribution is -0.149. The Kier molecular flexibility index (Phi) is 56.4. The number of hydrogen-bond donors (Lipinski definition) is 3. The molecule has 0 unspecified atom stereocenters. The first-order valence-corrected chi connectivity index (χ1v) is 54.5. The van der Waals surface area contributed by atoms with Crippen LogP contribution in [0.15, 0.2) is 170 Å². The van der Waals surface area contributed by atoms with Crippen molar-refractivity contribution < 1.29 is 101 Å². The summed E-state index contributed by atoms with van der Waals surface area (Å²) in [7, 11) is 5.77. The van der Waals surface area contributed by atoms with E-state index >= 15 is 0 Å². The summed E-state index contributed by atoms with van der Waals surface area (Å²) in [6, 6.07) is 58.0. The molecule has 6 atom stereocenters. The molecule has 0 spiro atoms. The molecule has 6 aliphatic carbocycles. The molecule has 6 saturated carbocycles. The molecule has 0 amide bonds. The maximum absolute atomic E-state index is 11.9. The van der Waals surface area contributed by atoms with E-state index in [1.54, 1.807) is 0 Å². The molecule has 0 aliphatic heterocycles. The maximum Gasteiger partial charge on any atom is 0.343 e. The largest absolute Gasteiger partial charge is 0.493 e. The summed E-state index contributed by atoms with van der Waals surface area (Å²) in [5, 5.41) is 27.1. The fourth-order valence-corrected chi connectivity index (χ4v) is 20.1. The van der Waals surface area contributed by atoms with Crippen LogP contribution in [0.4, 0.5) is 0 Å². The van der Waals surface area contributed by atoms with Gasteiger partial charge >= 0.3 is 41.8 Å². The summed E-state index contributed by atoms with van der Waals surface area (Å²) in [5.41, 5.74) is 9.36. The van der Waals surface area contributed by atoms with Gasteiger partial charge in [0.15, 0.2) is 6.61 Å². The van der Waals surface area contributed by atoms with Gasteiger partial charge in [-0.25, -0.2) is 4.79 Å². The third-order valence-corrected chi connectivity index (χ3v) is 28.1. The molecular formula is C124H180O21. The summed E-state index contributed by atoms with van der Waals surface area (Å²) in [4.78, 5) is 78.8. The minimum Gasteiger partial charge on any atom is -0.493 e. The SMILES string of the molecule is CC(C)Cc1ccc(OCC2CCC(C(=O)O)CC2)cc1.CC(C)Cc1ccc(OCC2CCC(C(=O)O)CC2)cc1.CC(C)Cc1ccc(OC[C@@H]2CCC[C@H](C(=O)O)C2)cc1.COC(=O)C1CCC(COc2ccc(CC(C)C)cc2)CC1.COC(=O)COc1ccc(CC(C)C)cc1.COC(=O)[C@@H]1CCCC[C@H]1COc1ccc(CC(C)C)cc1.COC(=O)[C@H]1CCC[C@@H](COc2ccc(CC(C)C)cc2)C1. The Bertz CT molecular complexity index is 4640. The van der Waals surface area contributed by atoms with Crippen molar-refractivity contribution in [2.45, 2.75) is 296 Å². The highest BCUT2D eigenvalue weighted by Gasteiger charge is 2.35. The zero-order valence-electron chi connectivity index (χ0n) is 91.2. The van der Waals surface area contributed by atoms with Crippen molar-refractivity contribution in [3.8, 4) is 40.2 Å². The van der Waals surface area contributed by atoms with Crippen LogP contribution in [0.3, 0.4) is 0 Å². The van der Waals surface area contributed by atoms with Crippen LogP contribution in [0, 0.1) is 112 Å². The Morgan fingerprint density at radius 1 is 0.234 bits per heavy atom. The van der Waals surface area contributed by atoms with Crippen molar-refractivity contribution in [3.63, 3.8) is 0 Å². The number of ether oxygens (including phenoxy) is 11. The molecule has 0 aromatic heterocycles. The predicted octanol–water partition coefficient (Wildman–Crippen LogP) is 27.6. The molecule has 3 N–H and O–H groups in total. The highest BCUT2D eigenvalue weighted by molar-refractivity contribution is 5.74. The normalized spacial score (nSPS) is 20.6. The minimum atomic E-state index is -0.655. The van der Waals surface area contributed by atoms with Crippen LogP contribution in [-0.2, 0) is 97.5 Å². The number of aliphatic carboxylic acids is 3. The van der Waals surface area contributed by atoms with Gasteiger partial charge in [0.05, 0.1) is 104 Å². The molecule has 7 aromatic rings. The average molecular weight is 2010 g/mol. The van der Waals surface area contributed by atoms with E-state index in [1.807, 2.05) is 72.8 Å². The molecular weight excluding hydrogens is 1830 g/mol. The summed E-state index contributed by atoms with van der Waals surface area (Å²) in [6.45, 7) is 35.1. The van der Waals surface area contributed by atoms with Gasteiger partial charge in [0, 0.05) is 5.92 Å². The summed E-state index contributed by atoms with van der Waals surface area (Å²) < 4.78 is 59.6. The smallest absolute Gasteiger partial charge is 0.343 e. The number of esters is 4. The fourth-order valence-electron chi connectivity index (χ4n) is 20.1. The van der Waals surface area contributed by atoms with Crippen molar-refractivity contribution in [2.75, 3.05) is 74.7 Å². The lowest BCUT2D eigenvalue weighted by Gasteiger charge is -2.29. The third-order valence-electron chi connectivity index (χ3n) is 28.1. The number of carboxylic acids is 3. The molecule has 0 radical (unpaired) electrons. The predicted molar refractivity (Wildman–Crippen MR) is 577 cm³/mol. The molecule has 6 fully saturated rings. The van der Waals surface area contributed by atoms with Crippen LogP contribution in [-0.4, -0.2) is 132 Å². The number of methoxy groups -OCH3 is 4. The van der Waals surface area contributed by atoms with Crippen LogP contribution < -0.4 is 33.2 Å². The lowest BCUT2D eigenvalue weighted by Crippen LogP contribution is -2.32. The molecule has 0 bridgehead atoms. The van der Waals surface area contributed by atoms with Crippen LogP contribution in [0.25, 0.3) is 0 Å². The van der Waals surface area contributed by atoms with E-state index in [1.165, 1.54) is 73.8 Å². The van der Waals surface area contributed by atoms with E-state index in [4.69, 9.17) is 62.7 Å². The number of hydrogen-bond acceptors (Lipinski definition) is 18. The minimum absolute atomic E-state index is 0.000959. The van der Waals surface area contributed by atoms with Crippen molar-refractivity contribution >= 4 is 41.8 Å². The number of carboxylic acid groups (broad SMARTS) is 3. The van der Waals surface area contributed by atoms with Crippen LogP contribution in [0.2, 0.25) is 0 Å². The Labute approximate surface area is 869 Å². The zero-order valence-corrected chi connectivity index (χ0v) is 91.2. The van der Waals surface area contributed by atoms with Crippen LogP contribution in [0.1, 0.15) is 290 Å². The molecule has 21 heteroatoms. The van der Waals surface area contributed by atoms with Crippen molar-refractivity contribution in [1.82, 2.24) is 0 Å². The Morgan fingerprint density at radius 2 is 0.469 bits per heavy atom. The third kappa shape index (κ3) is 49.7. The number of benzene rings is 7. The molecule has 802 valence electrons. The Morgan fingerprint density at radius 3 is 0.731 bits per heavy atom. The molecule has 0 heterocycles. The number of carbonyl (C=O) groups excluding carboxylic acids is 4. The van der Waals surface area contributed by atoms with Crippen molar-refractivity contribution in [1.29, 1.82) is 0 Å². The van der Waals surface area contributed by atoms with E-state index in [0.29, 0.717) is 110 Å². The second-order valence-electron chi connectivity index (χ2n) is 44.3. The van der Waals surface area contributed by atoms with Gasteiger partial charge in [0.2, 0.25) is 0 Å².